The first-order valence-corrected chi connectivity index (χ1v) is 9.05. The molecule has 1 aliphatic carbocycles. The summed E-state index contributed by atoms with van der Waals surface area (Å²) in [6.45, 7) is 0.737. The Bertz CT molecular complexity index is 599. The number of hydrogen-bond acceptors (Lipinski definition) is 4. The molecule has 0 bridgehead atoms. The van der Waals surface area contributed by atoms with Crippen molar-refractivity contribution in [2.45, 2.75) is 50.4 Å². The van der Waals surface area contributed by atoms with Crippen molar-refractivity contribution >= 4 is 11.8 Å². The molecule has 6 nitrogen and oxygen atoms in total. The highest BCUT2D eigenvalue weighted by molar-refractivity contribution is 5.94. The normalized spacial score (nSPS) is 29.9. The molecule has 1 aromatic rings. The lowest BCUT2D eigenvalue weighted by Crippen LogP contribution is -2.56. The monoisotopic (exact) mass is 346 g/mol. The molecule has 2 atom stereocenters. The number of carbonyl (C=O) groups is 2. The number of aliphatic hydroxyl groups is 2. The van der Waals surface area contributed by atoms with Crippen LogP contribution in [0.25, 0.3) is 0 Å². The summed E-state index contributed by atoms with van der Waals surface area (Å²) in [5, 5.41) is 22.9. The third kappa shape index (κ3) is 4.38. The van der Waals surface area contributed by atoms with E-state index >= 15 is 0 Å². The fraction of sp³-hybridized carbons (Fsp3) is 0.579. The van der Waals surface area contributed by atoms with Gasteiger partial charge in [0.1, 0.15) is 0 Å². The van der Waals surface area contributed by atoms with Crippen molar-refractivity contribution in [2.75, 3.05) is 13.1 Å². The summed E-state index contributed by atoms with van der Waals surface area (Å²) in [5.41, 5.74) is 0.609. The topological polar surface area (TPSA) is 89.9 Å². The van der Waals surface area contributed by atoms with Crippen molar-refractivity contribution in [2.24, 2.45) is 5.92 Å². The van der Waals surface area contributed by atoms with Crippen LogP contribution in [0.4, 0.5) is 0 Å². The van der Waals surface area contributed by atoms with Crippen LogP contribution < -0.4 is 5.32 Å². The lowest BCUT2D eigenvalue weighted by Gasteiger charge is -2.37. The molecule has 3 N–H and O–H groups in total. The number of nitrogens with one attached hydrogen (secondary N) is 1. The number of carbonyl (C=O) groups excluding carboxylic acids is 2. The molecule has 1 aliphatic heterocycles. The Kier molecular flexibility index (Phi) is 5.71. The highest BCUT2D eigenvalue weighted by Gasteiger charge is 2.33. The van der Waals surface area contributed by atoms with Crippen molar-refractivity contribution in [3.05, 3.63) is 35.9 Å². The Morgan fingerprint density at radius 1 is 1.00 bits per heavy atom. The average molecular weight is 346 g/mol. The Morgan fingerprint density at radius 2 is 1.68 bits per heavy atom. The predicted octanol–water partition coefficient (Wildman–Crippen LogP) is 0.929. The van der Waals surface area contributed by atoms with E-state index in [-0.39, 0.29) is 36.4 Å². The summed E-state index contributed by atoms with van der Waals surface area (Å²) in [6.07, 6.45) is 2.18. The minimum Gasteiger partial charge on any atom is -0.393 e. The van der Waals surface area contributed by atoms with Crippen molar-refractivity contribution in [1.82, 2.24) is 10.2 Å². The first-order valence-electron chi connectivity index (χ1n) is 9.05. The fourth-order valence-corrected chi connectivity index (χ4v) is 3.69. The van der Waals surface area contributed by atoms with Gasteiger partial charge in [-0.2, -0.15) is 0 Å². The minimum atomic E-state index is -0.764. The van der Waals surface area contributed by atoms with Gasteiger partial charge in [0, 0.05) is 24.6 Å². The molecule has 1 aromatic carbocycles. The standard InChI is InChI=1S/C19H26N2O4/c22-15-8-6-13(7-9-15)18(24)20-16-10-11-21(12-17(16)23)19(25)14-4-2-1-3-5-14/h1-5,13,15-17,22-23H,6-12H2,(H,20,24)/t13?,15?,16-,17-/m1/s1. The van der Waals surface area contributed by atoms with Gasteiger partial charge in [-0.15, -0.1) is 0 Å². The number of likely N-dealkylation sites (tertiary alicyclic amines) is 1. The van der Waals surface area contributed by atoms with Crippen LogP contribution in [-0.4, -0.2) is 58.3 Å². The molecular weight excluding hydrogens is 320 g/mol. The highest BCUT2D eigenvalue weighted by Crippen LogP contribution is 2.25. The molecule has 0 radical (unpaired) electrons. The molecule has 136 valence electrons. The van der Waals surface area contributed by atoms with E-state index in [9.17, 15) is 19.8 Å². The van der Waals surface area contributed by atoms with Crippen LogP contribution in [0.15, 0.2) is 30.3 Å². The van der Waals surface area contributed by atoms with Crippen molar-refractivity contribution < 1.29 is 19.8 Å². The van der Waals surface area contributed by atoms with Crippen LogP contribution in [0.3, 0.4) is 0 Å². The number of hydrogen-bond donors (Lipinski definition) is 3. The second kappa shape index (κ2) is 7.97. The number of amides is 2. The van der Waals surface area contributed by atoms with Crippen LogP contribution in [0.2, 0.25) is 0 Å². The van der Waals surface area contributed by atoms with E-state index in [1.54, 1.807) is 17.0 Å². The van der Waals surface area contributed by atoms with Gasteiger partial charge >= 0.3 is 0 Å². The maximum atomic E-state index is 12.5. The maximum Gasteiger partial charge on any atom is 0.253 e. The van der Waals surface area contributed by atoms with E-state index < -0.39 is 6.10 Å². The van der Waals surface area contributed by atoms with E-state index in [0.29, 0.717) is 44.2 Å². The van der Waals surface area contributed by atoms with E-state index in [1.807, 2.05) is 18.2 Å². The van der Waals surface area contributed by atoms with Crippen LogP contribution in [0, 0.1) is 5.92 Å². The van der Waals surface area contributed by atoms with Crippen LogP contribution in [-0.2, 0) is 4.79 Å². The van der Waals surface area contributed by atoms with E-state index in [2.05, 4.69) is 5.32 Å². The summed E-state index contributed by atoms with van der Waals surface area (Å²) in [7, 11) is 0. The Hall–Kier alpha value is -1.92. The molecule has 2 fully saturated rings. The van der Waals surface area contributed by atoms with Gasteiger partial charge in [0.25, 0.3) is 5.91 Å². The van der Waals surface area contributed by atoms with Gasteiger partial charge in [0.2, 0.25) is 5.91 Å². The minimum absolute atomic E-state index is 0.0428. The third-order valence-electron chi connectivity index (χ3n) is 5.29. The highest BCUT2D eigenvalue weighted by atomic mass is 16.3. The van der Waals surface area contributed by atoms with Crippen molar-refractivity contribution in [3.8, 4) is 0 Å². The molecule has 2 aliphatic rings. The number of β-amino-alcohol motifs (C(OH)–C–C–N with tert-alkyl or cyclic N) is 1. The predicted molar refractivity (Wildman–Crippen MR) is 92.9 cm³/mol. The van der Waals surface area contributed by atoms with Gasteiger partial charge < -0.3 is 20.4 Å². The first kappa shape index (κ1) is 17.9. The molecule has 1 saturated carbocycles. The van der Waals surface area contributed by atoms with Gasteiger partial charge in [-0.05, 0) is 44.2 Å². The summed E-state index contributed by atoms with van der Waals surface area (Å²) in [6, 6.07) is 8.70. The zero-order valence-electron chi connectivity index (χ0n) is 14.3. The molecule has 3 rings (SSSR count). The summed E-state index contributed by atoms with van der Waals surface area (Å²) >= 11 is 0. The molecule has 0 aromatic heterocycles. The maximum absolute atomic E-state index is 12.5. The SMILES string of the molecule is O=C(N[C@@H]1CCN(C(=O)c2ccccc2)C[C@H]1O)C1CCC(O)CC1. The number of nitrogens with zero attached hydrogens (tertiary/aromatic N) is 1. The number of benzene rings is 1. The van der Waals surface area contributed by atoms with E-state index in [1.165, 1.54) is 0 Å². The van der Waals surface area contributed by atoms with E-state index in [0.717, 1.165) is 0 Å². The van der Waals surface area contributed by atoms with Crippen LogP contribution in [0.5, 0.6) is 0 Å². The van der Waals surface area contributed by atoms with E-state index in [4.69, 9.17) is 0 Å². The lowest BCUT2D eigenvalue weighted by atomic mass is 9.86. The second-order valence-corrected chi connectivity index (χ2v) is 7.09. The number of piperidine rings is 1. The largest absolute Gasteiger partial charge is 0.393 e. The molecule has 1 saturated heterocycles. The van der Waals surface area contributed by atoms with Crippen molar-refractivity contribution in [1.29, 1.82) is 0 Å². The second-order valence-electron chi connectivity index (χ2n) is 7.09. The van der Waals surface area contributed by atoms with Crippen LogP contribution >= 0.6 is 0 Å². The smallest absolute Gasteiger partial charge is 0.253 e. The summed E-state index contributed by atoms with van der Waals surface area (Å²) in [4.78, 5) is 26.5. The fourth-order valence-electron chi connectivity index (χ4n) is 3.69. The molecule has 0 spiro atoms. The zero-order valence-corrected chi connectivity index (χ0v) is 14.3. The summed E-state index contributed by atoms with van der Waals surface area (Å²) in [5.74, 6) is -0.218. The Labute approximate surface area is 147 Å². The van der Waals surface area contributed by atoms with Gasteiger partial charge in [-0.1, -0.05) is 18.2 Å². The van der Waals surface area contributed by atoms with Gasteiger partial charge in [0.05, 0.1) is 18.2 Å². The Morgan fingerprint density at radius 3 is 2.32 bits per heavy atom. The van der Waals surface area contributed by atoms with Crippen molar-refractivity contribution in [3.63, 3.8) is 0 Å². The quantitative estimate of drug-likeness (QED) is 0.759. The van der Waals surface area contributed by atoms with Gasteiger partial charge in [-0.3, -0.25) is 9.59 Å². The molecule has 25 heavy (non-hydrogen) atoms. The third-order valence-corrected chi connectivity index (χ3v) is 5.29. The lowest BCUT2D eigenvalue weighted by molar-refractivity contribution is -0.128. The molecule has 1 heterocycles. The summed E-state index contributed by atoms with van der Waals surface area (Å²) < 4.78 is 0. The molecule has 0 unspecified atom stereocenters. The number of aliphatic hydroxyl groups excluding tert-OH is 2. The molecule has 2 amide bonds. The van der Waals surface area contributed by atoms with Gasteiger partial charge in [0.15, 0.2) is 0 Å². The first-order chi connectivity index (χ1) is 12.0. The number of rotatable bonds is 3. The average Bonchev–Trinajstić information content (AvgIpc) is 2.64. The zero-order chi connectivity index (χ0) is 17.8. The van der Waals surface area contributed by atoms with Crippen LogP contribution in [0.1, 0.15) is 42.5 Å². The molecule has 6 heteroatoms. The van der Waals surface area contributed by atoms with Gasteiger partial charge in [-0.25, -0.2) is 0 Å². The molecular formula is C19H26N2O4. The Balaban J connectivity index is 1.52.